The molecule has 0 aliphatic carbocycles. The number of hydrogen-bond acceptors (Lipinski definition) is 6. The molecule has 164 valence electrons. The van der Waals surface area contributed by atoms with E-state index in [9.17, 15) is 13.6 Å². The number of halogens is 2. The second-order valence-corrected chi connectivity index (χ2v) is 6.73. The first-order valence-corrected chi connectivity index (χ1v) is 9.45. The molecule has 3 aromatic carbocycles. The average molecular weight is 437 g/mol. The molecule has 0 aliphatic rings. The molecule has 0 saturated heterocycles. The highest BCUT2D eigenvalue weighted by Crippen LogP contribution is 2.28. The summed E-state index contributed by atoms with van der Waals surface area (Å²) in [5, 5.41) is 20.9. The Balaban J connectivity index is 1.97. The number of hydrogen-bond donors (Lipinski definition) is 5. The maximum atomic E-state index is 14.8. The van der Waals surface area contributed by atoms with Gasteiger partial charge in [0.25, 0.3) is 5.91 Å². The van der Waals surface area contributed by atoms with Crippen LogP contribution in [0, 0.1) is 22.5 Å². The summed E-state index contributed by atoms with van der Waals surface area (Å²) in [5.41, 5.74) is 6.33. The lowest BCUT2D eigenvalue weighted by Crippen LogP contribution is -2.18. The van der Waals surface area contributed by atoms with Gasteiger partial charge in [0.05, 0.1) is 18.4 Å². The summed E-state index contributed by atoms with van der Waals surface area (Å²) in [6, 6.07) is 12.2. The van der Waals surface area contributed by atoms with Crippen LogP contribution in [0.1, 0.15) is 27.0 Å². The summed E-state index contributed by atoms with van der Waals surface area (Å²) in [6.07, 6.45) is 0.702. The van der Waals surface area contributed by atoms with Gasteiger partial charge in [-0.3, -0.25) is 10.2 Å². The number of amides is 1. The van der Waals surface area contributed by atoms with Crippen LogP contribution in [0.15, 0.2) is 48.5 Å². The molecule has 0 heterocycles. The van der Waals surface area contributed by atoms with Crippen molar-refractivity contribution in [3.8, 4) is 5.75 Å². The van der Waals surface area contributed by atoms with Crippen LogP contribution in [0.25, 0.3) is 0 Å². The van der Waals surface area contributed by atoms with E-state index in [0.29, 0.717) is 23.1 Å². The van der Waals surface area contributed by atoms with Crippen molar-refractivity contribution in [2.45, 2.75) is 0 Å². The van der Waals surface area contributed by atoms with Crippen LogP contribution >= 0.6 is 0 Å². The molecule has 3 aromatic rings. The number of nitrogen functional groups attached to an aromatic ring is 1. The number of para-hydroxylation sites is 1. The Kier molecular flexibility index (Phi) is 6.48. The van der Waals surface area contributed by atoms with E-state index in [4.69, 9.17) is 21.3 Å². The monoisotopic (exact) mass is 437 g/mol. The molecule has 0 fully saturated rings. The van der Waals surface area contributed by atoms with Crippen molar-refractivity contribution in [3.63, 3.8) is 0 Å². The Bertz CT molecular complexity index is 1230. The van der Waals surface area contributed by atoms with Gasteiger partial charge in [0, 0.05) is 41.5 Å². The second kappa shape index (κ2) is 9.25. The highest BCUT2D eigenvalue weighted by Gasteiger charge is 2.23. The molecule has 0 aromatic heterocycles. The molecule has 6 N–H and O–H groups in total. The van der Waals surface area contributed by atoms with Gasteiger partial charge < -0.3 is 26.5 Å². The number of carbonyl (C=O) groups is 1. The fraction of sp³-hybridized carbons (Fsp3) is 0.0870. The zero-order chi connectivity index (χ0) is 23.4. The van der Waals surface area contributed by atoms with Gasteiger partial charge in [-0.25, -0.2) is 8.78 Å². The smallest absolute Gasteiger partial charge is 0.261 e. The lowest BCUT2D eigenvalue weighted by Gasteiger charge is -2.15. The second-order valence-electron chi connectivity index (χ2n) is 6.73. The summed E-state index contributed by atoms with van der Waals surface area (Å²) < 4.78 is 34.5. The molecule has 0 radical (unpaired) electrons. The van der Waals surface area contributed by atoms with Crippen LogP contribution in [0.5, 0.6) is 5.75 Å². The van der Waals surface area contributed by atoms with Crippen LogP contribution in [0.4, 0.5) is 25.8 Å². The average Bonchev–Trinajstić information content (AvgIpc) is 2.79. The lowest BCUT2D eigenvalue weighted by atomic mass is 9.99. The summed E-state index contributed by atoms with van der Waals surface area (Å²) in [4.78, 5) is 12.7. The predicted octanol–water partition coefficient (Wildman–Crippen LogP) is 4.26. The van der Waals surface area contributed by atoms with Gasteiger partial charge in [-0.05, 0) is 36.4 Å². The Morgan fingerprint density at radius 1 is 1.12 bits per heavy atom. The third kappa shape index (κ3) is 4.13. The number of nitrogens with one attached hydrogen (secondary N) is 4. The van der Waals surface area contributed by atoms with E-state index in [1.807, 2.05) is 0 Å². The van der Waals surface area contributed by atoms with E-state index in [0.717, 1.165) is 6.07 Å². The number of nitrogens with two attached hydrogens (primary N) is 1. The minimum atomic E-state index is -1.15. The van der Waals surface area contributed by atoms with Crippen LogP contribution in [-0.4, -0.2) is 32.0 Å². The maximum Gasteiger partial charge on any atom is 0.261 e. The zero-order valence-electron chi connectivity index (χ0n) is 17.3. The minimum absolute atomic E-state index is 0.0478. The van der Waals surface area contributed by atoms with Gasteiger partial charge in [0.2, 0.25) is 0 Å². The molecule has 7 nitrogen and oxygen atoms in total. The Morgan fingerprint density at radius 2 is 1.84 bits per heavy atom. The standard InChI is InChI=1S/C23H21F2N5O2/c1-29-18-10-16(24)20(21(25)15(18)11-26)23(31)30-12-7-8-17(27)14(9-12)22(28)13-5-3-4-6-19(13)32-2/h3-11,26,28-29H,27H2,1-2H3,(H,30,31). The first kappa shape index (κ1) is 22.4. The Hall–Kier alpha value is -4.27. The van der Waals surface area contributed by atoms with Crippen molar-refractivity contribution >= 4 is 34.9 Å². The third-order valence-electron chi connectivity index (χ3n) is 4.85. The van der Waals surface area contributed by atoms with Crippen LogP contribution in [0.3, 0.4) is 0 Å². The summed E-state index contributed by atoms with van der Waals surface area (Å²) in [5.74, 6) is -2.80. The van der Waals surface area contributed by atoms with Crippen molar-refractivity contribution in [3.05, 3.63) is 82.4 Å². The molecular weight excluding hydrogens is 416 g/mol. The SMILES string of the molecule is CNc1cc(F)c(C(=O)Nc2ccc(N)c(C(=N)c3ccccc3OC)c2)c(F)c1C=N. The van der Waals surface area contributed by atoms with Gasteiger partial charge >= 0.3 is 0 Å². The van der Waals surface area contributed by atoms with Crippen molar-refractivity contribution in [1.29, 1.82) is 10.8 Å². The zero-order valence-corrected chi connectivity index (χ0v) is 17.3. The molecular formula is C23H21F2N5O2. The Labute approximate surface area is 183 Å². The largest absolute Gasteiger partial charge is 0.496 e. The molecule has 9 heteroatoms. The van der Waals surface area contributed by atoms with Crippen molar-refractivity contribution in [1.82, 2.24) is 0 Å². The van der Waals surface area contributed by atoms with Crippen LogP contribution < -0.4 is 21.1 Å². The first-order valence-electron chi connectivity index (χ1n) is 9.45. The third-order valence-corrected chi connectivity index (χ3v) is 4.85. The van der Waals surface area contributed by atoms with E-state index in [2.05, 4.69) is 10.6 Å². The summed E-state index contributed by atoms with van der Waals surface area (Å²) in [7, 11) is 2.94. The summed E-state index contributed by atoms with van der Waals surface area (Å²) in [6.45, 7) is 0. The molecule has 0 saturated carbocycles. The number of ether oxygens (including phenoxy) is 1. The van der Waals surface area contributed by atoms with E-state index >= 15 is 0 Å². The van der Waals surface area contributed by atoms with E-state index < -0.39 is 23.1 Å². The van der Waals surface area contributed by atoms with Crippen molar-refractivity contribution in [2.24, 2.45) is 0 Å². The molecule has 0 aliphatic heterocycles. The van der Waals surface area contributed by atoms with Crippen LogP contribution in [0.2, 0.25) is 0 Å². The van der Waals surface area contributed by atoms with Gasteiger partial charge in [0.1, 0.15) is 22.9 Å². The maximum absolute atomic E-state index is 14.8. The van der Waals surface area contributed by atoms with Gasteiger partial charge in [-0.1, -0.05) is 12.1 Å². The van der Waals surface area contributed by atoms with Gasteiger partial charge in [-0.2, -0.15) is 0 Å². The van der Waals surface area contributed by atoms with E-state index in [1.165, 1.54) is 32.4 Å². The lowest BCUT2D eigenvalue weighted by molar-refractivity contribution is 0.101. The molecule has 3 rings (SSSR count). The first-order chi connectivity index (χ1) is 15.3. The molecule has 32 heavy (non-hydrogen) atoms. The van der Waals surface area contributed by atoms with Crippen molar-refractivity contribution < 1.29 is 18.3 Å². The fourth-order valence-electron chi connectivity index (χ4n) is 3.23. The molecule has 1 amide bonds. The molecule has 0 spiro atoms. The molecule has 0 atom stereocenters. The van der Waals surface area contributed by atoms with E-state index in [1.54, 1.807) is 24.3 Å². The molecule has 0 bridgehead atoms. The highest BCUT2D eigenvalue weighted by atomic mass is 19.1. The fourth-order valence-corrected chi connectivity index (χ4v) is 3.23. The predicted molar refractivity (Wildman–Crippen MR) is 122 cm³/mol. The minimum Gasteiger partial charge on any atom is -0.496 e. The van der Waals surface area contributed by atoms with Gasteiger partial charge in [-0.15, -0.1) is 0 Å². The Morgan fingerprint density at radius 3 is 2.50 bits per heavy atom. The van der Waals surface area contributed by atoms with Crippen molar-refractivity contribution in [2.75, 3.05) is 30.5 Å². The number of methoxy groups -OCH3 is 1. The number of benzene rings is 3. The topological polar surface area (TPSA) is 124 Å². The molecule has 0 unspecified atom stereocenters. The van der Waals surface area contributed by atoms with Gasteiger partial charge in [0.15, 0.2) is 0 Å². The van der Waals surface area contributed by atoms with E-state index in [-0.39, 0.29) is 28.3 Å². The number of rotatable bonds is 7. The highest BCUT2D eigenvalue weighted by molar-refractivity contribution is 6.16. The normalized spacial score (nSPS) is 10.4. The number of carbonyl (C=O) groups excluding carboxylic acids is 1. The quantitative estimate of drug-likeness (QED) is 0.280. The number of anilines is 3. The summed E-state index contributed by atoms with van der Waals surface area (Å²) >= 11 is 0. The van der Waals surface area contributed by atoms with Crippen LogP contribution in [-0.2, 0) is 0 Å².